The van der Waals surface area contributed by atoms with Crippen LogP contribution in [0.1, 0.15) is 76.7 Å². The summed E-state index contributed by atoms with van der Waals surface area (Å²) in [6.07, 6.45) is 13.9. The molecule has 0 heterocycles. The largest absolute Gasteiger partial charge is 0.536 e. The van der Waals surface area contributed by atoms with Crippen LogP contribution in [-0.2, 0) is 19.8 Å². The summed E-state index contributed by atoms with van der Waals surface area (Å²) in [5, 5.41) is 1.03. The van der Waals surface area contributed by atoms with Gasteiger partial charge in [-0.15, -0.1) is 0 Å². The monoisotopic (exact) mass is 424 g/mol. The van der Waals surface area contributed by atoms with Gasteiger partial charge >= 0.3 is 8.80 Å². The van der Waals surface area contributed by atoms with Crippen molar-refractivity contribution in [3.8, 4) is 0 Å². The van der Waals surface area contributed by atoms with Crippen molar-refractivity contribution in [2.45, 2.75) is 77.7 Å². The lowest BCUT2D eigenvalue weighted by Gasteiger charge is -2.31. The van der Waals surface area contributed by atoms with E-state index in [-0.39, 0.29) is 0 Å². The molecule has 1 rings (SSSR count). The van der Waals surface area contributed by atoms with E-state index in [2.05, 4.69) is 45.3 Å². The van der Waals surface area contributed by atoms with Gasteiger partial charge in [-0.25, -0.2) is 0 Å². The van der Waals surface area contributed by atoms with Crippen LogP contribution in [0.15, 0.2) is 24.3 Å². The Bertz CT molecular complexity index is 538. The summed E-state index contributed by atoms with van der Waals surface area (Å²) >= 11 is 0. The third-order valence-electron chi connectivity index (χ3n) is 5.81. The first-order chi connectivity index (χ1) is 13.9. The zero-order chi connectivity index (χ0) is 21.6. The van der Waals surface area contributed by atoms with Gasteiger partial charge in [-0.1, -0.05) is 76.5 Å². The van der Waals surface area contributed by atoms with Crippen LogP contribution in [0.4, 0.5) is 0 Å². The van der Waals surface area contributed by atoms with E-state index in [1.807, 2.05) is 0 Å². The van der Waals surface area contributed by atoms with Crippen LogP contribution in [0.3, 0.4) is 0 Å². The average molecular weight is 425 g/mol. The zero-order valence-electron chi connectivity index (χ0n) is 20.0. The van der Waals surface area contributed by atoms with Gasteiger partial charge in [0.05, 0.1) is 20.6 Å². The molecule has 0 saturated carbocycles. The molecular formula is C24H46NO3Si+. The predicted molar refractivity (Wildman–Crippen MR) is 125 cm³/mol. The lowest BCUT2D eigenvalue weighted by atomic mass is 10.1. The van der Waals surface area contributed by atoms with Crippen molar-refractivity contribution in [3.63, 3.8) is 0 Å². The Kier molecular flexibility index (Phi) is 13.0. The normalized spacial score (nSPS) is 12.5. The smallest absolute Gasteiger partial charge is 0.373 e. The molecule has 0 unspecified atom stereocenters. The van der Waals surface area contributed by atoms with Gasteiger partial charge in [0, 0.05) is 32.1 Å². The number of quaternary nitrogens is 1. The summed E-state index contributed by atoms with van der Waals surface area (Å²) in [5.41, 5.74) is 1.31. The van der Waals surface area contributed by atoms with Gasteiger partial charge in [0.2, 0.25) is 0 Å². The van der Waals surface area contributed by atoms with Gasteiger partial charge in [0.1, 0.15) is 6.54 Å². The minimum atomic E-state index is -2.76. The van der Waals surface area contributed by atoms with E-state index < -0.39 is 8.80 Å². The Morgan fingerprint density at radius 1 is 0.759 bits per heavy atom. The molecule has 0 fully saturated rings. The summed E-state index contributed by atoms with van der Waals surface area (Å²) in [6, 6.07) is 8.53. The van der Waals surface area contributed by atoms with Crippen LogP contribution in [0.2, 0.25) is 0 Å². The molecule has 0 saturated heterocycles. The molecule has 0 aromatic heterocycles. The van der Waals surface area contributed by atoms with Crippen LogP contribution < -0.4 is 5.19 Å². The highest BCUT2D eigenvalue weighted by molar-refractivity contribution is 6.75. The van der Waals surface area contributed by atoms with E-state index >= 15 is 0 Å². The molecule has 168 valence electrons. The Balaban J connectivity index is 2.38. The van der Waals surface area contributed by atoms with Crippen molar-refractivity contribution in [1.82, 2.24) is 0 Å². The summed E-state index contributed by atoms with van der Waals surface area (Å²) < 4.78 is 17.9. The number of benzene rings is 1. The molecule has 5 heteroatoms. The fourth-order valence-corrected chi connectivity index (χ4v) is 5.93. The van der Waals surface area contributed by atoms with E-state index in [1.165, 1.54) is 76.3 Å². The summed E-state index contributed by atoms with van der Waals surface area (Å²) in [7, 11) is 6.88. The van der Waals surface area contributed by atoms with Gasteiger partial charge in [0.25, 0.3) is 0 Å². The highest BCUT2D eigenvalue weighted by Gasteiger charge is 2.40. The van der Waals surface area contributed by atoms with Crippen LogP contribution >= 0.6 is 0 Å². The molecule has 29 heavy (non-hydrogen) atoms. The highest BCUT2D eigenvalue weighted by Crippen LogP contribution is 2.15. The number of nitrogens with zero attached hydrogens (tertiary/aromatic N) is 1. The number of unbranched alkanes of at least 4 members (excludes halogenated alkanes) is 9. The minimum absolute atomic E-state index is 1.00. The van der Waals surface area contributed by atoms with Gasteiger partial charge in [-0.2, -0.15) is 0 Å². The lowest BCUT2D eigenvalue weighted by molar-refractivity contribution is -0.903. The molecule has 0 N–H and O–H groups in total. The van der Waals surface area contributed by atoms with E-state index in [4.69, 9.17) is 13.3 Å². The number of rotatable bonds is 17. The lowest BCUT2D eigenvalue weighted by Crippen LogP contribution is -2.54. The maximum absolute atomic E-state index is 5.64. The summed E-state index contributed by atoms with van der Waals surface area (Å²) in [5.74, 6) is 0. The van der Waals surface area contributed by atoms with E-state index in [1.54, 1.807) is 21.3 Å². The Morgan fingerprint density at radius 3 is 1.79 bits per heavy atom. The second kappa shape index (κ2) is 14.3. The topological polar surface area (TPSA) is 27.7 Å². The van der Waals surface area contributed by atoms with Crippen molar-refractivity contribution in [2.75, 3.05) is 42.0 Å². The fraction of sp³-hybridized carbons (Fsp3) is 0.750. The van der Waals surface area contributed by atoms with Crippen LogP contribution in [-0.4, -0.2) is 55.3 Å². The average Bonchev–Trinajstić information content (AvgIpc) is 2.71. The Hall–Kier alpha value is -0.723. The van der Waals surface area contributed by atoms with Crippen LogP contribution in [0, 0.1) is 0 Å². The first-order valence-electron chi connectivity index (χ1n) is 11.5. The predicted octanol–water partition coefficient (Wildman–Crippen LogP) is 5.27. The molecule has 0 aliphatic heterocycles. The maximum Gasteiger partial charge on any atom is 0.536 e. The third kappa shape index (κ3) is 9.75. The Morgan fingerprint density at radius 2 is 1.28 bits per heavy atom. The van der Waals surface area contributed by atoms with E-state index in [0.717, 1.165) is 16.2 Å². The molecule has 0 radical (unpaired) electrons. The highest BCUT2D eigenvalue weighted by atomic mass is 28.4. The molecule has 0 aliphatic carbocycles. The molecule has 0 aliphatic rings. The van der Waals surface area contributed by atoms with Crippen LogP contribution in [0.25, 0.3) is 0 Å². The van der Waals surface area contributed by atoms with Gasteiger partial charge in [-0.05, 0) is 18.9 Å². The molecule has 0 spiro atoms. The summed E-state index contributed by atoms with van der Waals surface area (Å²) in [4.78, 5) is 0. The van der Waals surface area contributed by atoms with Crippen molar-refractivity contribution in [2.24, 2.45) is 0 Å². The van der Waals surface area contributed by atoms with Crippen LogP contribution in [0.5, 0.6) is 0 Å². The first-order valence-corrected chi connectivity index (χ1v) is 13.2. The summed E-state index contributed by atoms with van der Waals surface area (Å²) in [6.45, 7) is 4.50. The van der Waals surface area contributed by atoms with Gasteiger partial charge in [0.15, 0.2) is 0 Å². The van der Waals surface area contributed by atoms with E-state index in [0.29, 0.717) is 0 Å². The molecule has 0 atom stereocenters. The molecular weight excluding hydrogens is 378 g/mol. The SMILES string of the molecule is CCCCCCCCCCCC[N+](C)(C)Cc1cccc([Si](OC)(OC)OC)c1. The Labute approximate surface area is 181 Å². The molecule has 4 nitrogen and oxygen atoms in total. The minimum Gasteiger partial charge on any atom is -0.373 e. The van der Waals surface area contributed by atoms with Crippen molar-refractivity contribution >= 4 is 14.0 Å². The van der Waals surface area contributed by atoms with Crippen molar-refractivity contribution in [1.29, 1.82) is 0 Å². The zero-order valence-corrected chi connectivity index (χ0v) is 21.0. The quantitative estimate of drug-likeness (QED) is 0.194. The molecule has 0 bridgehead atoms. The molecule has 1 aromatic rings. The fourth-order valence-electron chi connectivity index (χ4n) is 4.06. The second-order valence-corrected chi connectivity index (χ2v) is 11.8. The number of hydrogen-bond acceptors (Lipinski definition) is 3. The standard InChI is InChI=1S/C24H46NO3Si/c1-7-8-9-10-11-12-13-14-15-16-20-25(2,3)22-23-18-17-19-24(21-23)29(26-4,27-5)28-6/h17-19,21H,7-16,20,22H2,1-6H3/q+1. The first kappa shape index (κ1) is 26.3. The molecule has 0 amide bonds. The third-order valence-corrected chi connectivity index (χ3v) is 8.44. The number of hydrogen-bond donors (Lipinski definition) is 0. The van der Waals surface area contributed by atoms with Gasteiger partial charge in [-0.3, -0.25) is 0 Å². The maximum atomic E-state index is 5.64. The van der Waals surface area contributed by atoms with Crippen molar-refractivity contribution < 1.29 is 17.8 Å². The second-order valence-electron chi connectivity index (χ2n) is 8.87. The van der Waals surface area contributed by atoms with E-state index in [9.17, 15) is 0 Å². The molecule has 1 aromatic carbocycles. The van der Waals surface area contributed by atoms with Crippen molar-refractivity contribution in [3.05, 3.63) is 29.8 Å². The van der Waals surface area contributed by atoms with Gasteiger partial charge < -0.3 is 17.8 Å².